The molecule has 0 aromatic rings. The van der Waals surface area contributed by atoms with E-state index in [0.717, 1.165) is 83.5 Å². The van der Waals surface area contributed by atoms with Crippen LogP contribution in [-0.2, 0) is 18.4 Å². The molecule has 0 heterocycles. The van der Waals surface area contributed by atoms with Crippen molar-refractivity contribution in [3.63, 3.8) is 0 Å². The van der Waals surface area contributed by atoms with Gasteiger partial charge in [-0.1, -0.05) is 241 Å². The fourth-order valence-corrected chi connectivity index (χ4v) is 8.59. The SMILES string of the molecule is CC/C=C\C/C=C\C/C=C\C/C=C\C/C=C\C/C=C\CCCCCCCCCCC(=O)NC(COP(=O)([O-])OCC[N+](C)(C)C)C(O)CCCCCCCCCCCCCCCCCCCC. The first kappa shape index (κ1) is 64.9. The molecule has 0 rings (SSSR count). The second-order valence-electron chi connectivity index (χ2n) is 19.9. The first-order chi connectivity index (χ1) is 32.5. The van der Waals surface area contributed by atoms with Crippen molar-refractivity contribution < 1.29 is 32.9 Å². The normalized spacial score (nSPS) is 14.6. The number of unbranched alkanes of at least 4 members (excludes halogenated alkanes) is 25. The van der Waals surface area contributed by atoms with Crippen LogP contribution in [0.3, 0.4) is 0 Å². The molecule has 0 saturated carbocycles. The topological polar surface area (TPSA) is 108 Å². The number of allylic oxidation sites excluding steroid dienone is 12. The smallest absolute Gasteiger partial charge is 0.268 e. The van der Waals surface area contributed by atoms with Gasteiger partial charge in [-0.15, -0.1) is 0 Å². The third kappa shape index (κ3) is 51.6. The average Bonchev–Trinajstić information content (AvgIpc) is 3.29. The van der Waals surface area contributed by atoms with Gasteiger partial charge in [0.25, 0.3) is 7.82 Å². The molecule has 390 valence electrons. The van der Waals surface area contributed by atoms with Gasteiger partial charge in [-0.3, -0.25) is 9.36 Å². The summed E-state index contributed by atoms with van der Waals surface area (Å²) < 4.78 is 23.4. The van der Waals surface area contributed by atoms with Gasteiger partial charge < -0.3 is 28.8 Å². The van der Waals surface area contributed by atoms with Crippen LogP contribution >= 0.6 is 7.82 Å². The second-order valence-corrected chi connectivity index (χ2v) is 21.3. The highest BCUT2D eigenvalue weighted by molar-refractivity contribution is 7.45. The highest BCUT2D eigenvalue weighted by Gasteiger charge is 2.24. The van der Waals surface area contributed by atoms with Crippen LogP contribution in [0.5, 0.6) is 0 Å². The van der Waals surface area contributed by atoms with Crippen LogP contribution in [0.25, 0.3) is 0 Å². The number of likely N-dealkylation sites (N-methyl/N-ethyl adjacent to an activating group) is 1. The zero-order valence-electron chi connectivity index (χ0n) is 44.3. The molecule has 0 saturated heterocycles. The molecule has 0 aromatic heterocycles. The number of rotatable bonds is 50. The second kappa shape index (κ2) is 48.9. The van der Waals surface area contributed by atoms with Crippen LogP contribution in [0.1, 0.15) is 239 Å². The van der Waals surface area contributed by atoms with E-state index in [4.69, 9.17) is 9.05 Å². The molecule has 0 radical (unpaired) electrons. The number of nitrogens with zero attached hydrogens (tertiary/aromatic N) is 1. The summed E-state index contributed by atoms with van der Waals surface area (Å²) >= 11 is 0. The van der Waals surface area contributed by atoms with Gasteiger partial charge in [0, 0.05) is 6.42 Å². The number of phosphoric ester groups is 1. The lowest BCUT2D eigenvalue weighted by Gasteiger charge is -2.30. The van der Waals surface area contributed by atoms with Gasteiger partial charge in [0.1, 0.15) is 13.2 Å². The van der Waals surface area contributed by atoms with Crippen LogP contribution in [0.4, 0.5) is 0 Å². The number of phosphoric acid groups is 1. The first-order valence-corrected chi connectivity index (χ1v) is 29.2. The van der Waals surface area contributed by atoms with E-state index in [1.807, 2.05) is 21.1 Å². The molecule has 0 bridgehead atoms. The zero-order chi connectivity index (χ0) is 49.2. The quantitative estimate of drug-likeness (QED) is 0.0272. The lowest BCUT2D eigenvalue weighted by molar-refractivity contribution is -0.870. The molecular formula is C58H107N2O6P. The average molecular weight is 959 g/mol. The molecule has 3 atom stereocenters. The van der Waals surface area contributed by atoms with Crippen molar-refractivity contribution in [1.82, 2.24) is 5.32 Å². The molecule has 0 fully saturated rings. The monoisotopic (exact) mass is 959 g/mol. The van der Waals surface area contributed by atoms with Crippen molar-refractivity contribution in [2.24, 2.45) is 0 Å². The Hall–Kier alpha value is -2.06. The van der Waals surface area contributed by atoms with Gasteiger partial charge in [-0.25, -0.2) is 0 Å². The molecule has 0 aliphatic carbocycles. The summed E-state index contributed by atoms with van der Waals surface area (Å²) in [6.45, 7) is 4.61. The number of hydrogen-bond donors (Lipinski definition) is 2. The third-order valence-electron chi connectivity index (χ3n) is 12.2. The molecule has 0 spiro atoms. The molecule has 0 aromatic carbocycles. The lowest BCUT2D eigenvalue weighted by atomic mass is 10.0. The maximum Gasteiger partial charge on any atom is 0.268 e. The standard InChI is InChI=1S/C58H107N2O6P/c1-6-8-10-12-14-16-18-20-22-24-26-27-28-29-30-31-32-33-34-36-38-40-42-44-46-48-50-52-58(62)59-56(55-66-67(63,64)65-54-53-60(3,4)5)57(61)51-49-47-45-43-41-39-37-35-25-23-21-19-17-15-13-11-9-7-2/h8,10,14,16,20,22,26-27,29-30,32-33,56-57,61H,6-7,9,11-13,15,17-19,21,23-25,28,31,34-55H2,1-5H3,(H-,59,62,63,64)/b10-8-,16-14-,22-20-,27-26-,30-29-,33-32-. The van der Waals surface area contributed by atoms with Gasteiger partial charge in [0.2, 0.25) is 5.91 Å². The molecule has 3 unspecified atom stereocenters. The van der Waals surface area contributed by atoms with Crippen LogP contribution in [-0.4, -0.2) is 68.5 Å². The van der Waals surface area contributed by atoms with E-state index < -0.39 is 20.0 Å². The number of nitrogens with one attached hydrogen (secondary N) is 1. The minimum Gasteiger partial charge on any atom is -0.756 e. The number of hydrogen-bond acceptors (Lipinski definition) is 6. The maximum atomic E-state index is 13.0. The Morgan fingerprint density at radius 1 is 0.537 bits per heavy atom. The summed E-state index contributed by atoms with van der Waals surface area (Å²) in [6, 6.07) is -0.810. The maximum absolute atomic E-state index is 13.0. The Bertz CT molecular complexity index is 1320. The Balaban J connectivity index is 4.23. The number of amides is 1. The van der Waals surface area contributed by atoms with Gasteiger partial charge in [-0.2, -0.15) is 0 Å². The van der Waals surface area contributed by atoms with E-state index in [0.29, 0.717) is 23.9 Å². The number of aliphatic hydroxyl groups is 1. The minimum absolute atomic E-state index is 0.00743. The van der Waals surface area contributed by atoms with Crippen molar-refractivity contribution in [2.45, 2.75) is 251 Å². The van der Waals surface area contributed by atoms with E-state index in [2.05, 4.69) is 92.1 Å². The summed E-state index contributed by atoms with van der Waals surface area (Å²) in [6.07, 6.45) is 66.3. The Morgan fingerprint density at radius 2 is 0.910 bits per heavy atom. The highest BCUT2D eigenvalue weighted by atomic mass is 31.2. The van der Waals surface area contributed by atoms with Crippen LogP contribution in [0, 0.1) is 0 Å². The Kier molecular flexibility index (Phi) is 47.4. The summed E-state index contributed by atoms with van der Waals surface area (Å²) in [4.78, 5) is 25.5. The first-order valence-electron chi connectivity index (χ1n) is 27.8. The zero-order valence-corrected chi connectivity index (χ0v) is 45.2. The summed E-state index contributed by atoms with van der Waals surface area (Å²) in [5.74, 6) is -0.175. The minimum atomic E-state index is -4.58. The molecule has 0 aliphatic heterocycles. The van der Waals surface area contributed by atoms with Crippen LogP contribution < -0.4 is 10.2 Å². The van der Waals surface area contributed by atoms with Crippen molar-refractivity contribution in [2.75, 3.05) is 40.9 Å². The Labute approximate surface area is 414 Å². The van der Waals surface area contributed by atoms with Crippen molar-refractivity contribution in [3.8, 4) is 0 Å². The number of carbonyl (C=O) groups excluding carboxylic acids is 1. The third-order valence-corrected chi connectivity index (χ3v) is 13.2. The van der Waals surface area contributed by atoms with Gasteiger partial charge in [0.05, 0.1) is 39.9 Å². The predicted molar refractivity (Wildman–Crippen MR) is 288 cm³/mol. The molecule has 8 nitrogen and oxygen atoms in total. The van der Waals surface area contributed by atoms with E-state index in [9.17, 15) is 19.4 Å². The molecule has 67 heavy (non-hydrogen) atoms. The Morgan fingerprint density at radius 3 is 1.33 bits per heavy atom. The largest absolute Gasteiger partial charge is 0.756 e. The fraction of sp³-hybridized carbons (Fsp3) is 0.776. The number of quaternary nitrogens is 1. The van der Waals surface area contributed by atoms with Crippen LogP contribution in [0.2, 0.25) is 0 Å². The molecule has 2 N–H and O–H groups in total. The van der Waals surface area contributed by atoms with Crippen molar-refractivity contribution in [1.29, 1.82) is 0 Å². The summed E-state index contributed by atoms with van der Waals surface area (Å²) in [5.41, 5.74) is 0. The van der Waals surface area contributed by atoms with E-state index >= 15 is 0 Å². The van der Waals surface area contributed by atoms with Crippen molar-refractivity contribution in [3.05, 3.63) is 72.9 Å². The highest BCUT2D eigenvalue weighted by Crippen LogP contribution is 2.38. The van der Waals surface area contributed by atoms with Gasteiger partial charge >= 0.3 is 0 Å². The van der Waals surface area contributed by atoms with Crippen LogP contribution in [0.15, 0.2) is 72.9 Å². The summed E-state index contributed by atoms with van der Waals surface area (Å²) in [5, 5.41) is 14.0. The van der Waals surface area contributed by atoms with Gasteiger partial charge in [0.15, 0.2) is 0 Å². The number of carbonyl (C=O) groups is 1. The molecule has 9 heteroatoms. The van der Waals surface area contributed by atoms with E-state index in [-0.39, 0.29) is 19.1 Å². The van der Waals surface area contributed by atoms with Gasteiger partial charge in [-0.05, 0) is 64.2 Å². The van der Waals surface area contributed by atoms with Crippen molar-refractivity contribution >= 4 is 13.7 Å². The fourth-order valence-electron chi connectivity index (χ4n) is 7.87. The predicted octanol–water partition coefficient (Wildman–Crippen LogP) is 16.1. The lowest BCUT2D eigenvalue weighted by Crippen LogP contribution is -2.46. The number of aliphatic hydroxyl groups excluding tert-OH is 1. The molecule has 1 amide bonds. The van der Waals surface area contributed by atoms with E-state index in [1.165, 1.54) is 128 Å². The van der Waals surface area contributed by atoms with E-state index in [1.54, 1.807) is 0 Å². The molecule has 0 aliphatic rings. The molecular weight excluding hydrogens is 852 g/mol. The summed E-state index contributed by atoms with van der Waals surface area (Å²) in [7, 11) is 1.29.